The summed E-state index contributed by atoms with van der Waals surface area (Å²) in [5.41, 5.74) is 4.26. The third-order valence-corrected chi connectivity index (χ3v) is 7.14. The van der Waals surface area contributed by atoms with Crippen molar-refractivity contribution in [2.24, 2.45) is 5.92 Å². The fourth-order valence-corrected chi connectivity index (χ4v) is 5.55. The molecule has 6 nitrogen and oxygen atoms in total. The molecule has 182 valence electrons. The number of hydrogen-bond donors (Lipinski definition) is 2. The van der Waals surface area contributed by atoms with E-state index in [4.69, 9.17) is 28.0 Å². The third-order valence-electron chi connectivity index (χ3n) is 6.58. The van der Waals surface area contributed by atoms with Crippen LogP contribution in [0, 0.1) is 5.92 Å². The summed E-state index contributed by atoms with van der Waals surface area (Å²) >= 11 is 12.8. The number of amides is 2. The van der Waals surface area contributed by atoms with Crippen LogP contribution in [0.2, 0.25) is 10.0 Å². The minimum absolute atomic E-state index is 0.218. The second-order valence-corrected chi connectivity index (χ2v) is 10.3. The van der Waals surface area contributed by atoms with Crippen molar-refractivity contribution in [2.75, 3.05) is 6.61 Å². The number of carbonyl (C=O) groups excluding carboxylic acids is 2. The van der Waals surface area contributed by atoms with E-state index in [0.29, 0.717) is 46.2 Å². The summed E-state index contributed by atoms with van der Waals surface area (Å²) in [6.07, 6.45) is 2.36. The maximum Gasteiger partial charge on any atom is 0.255 e. The fourth-order valence-electron chi connectivity index (χ4n) is 5.03. The lowest BCUT2D eigenvalue weighted by Crippen LogP contribution is -2.55. The molecule has 1 fully saturated rings. The fraction of sp³-hybridized carbons (Fsp3) is 0.462. The molecule has 0 aromatic heterocycles. The highest BCUT2D eigenvalue weighted by Gasteiger charge is 2.49. The molecule has 2 amide bonds. The number of nitrogens with zero attached hydrogens (tertiary/aromatic N) is 1. The van der Waals surface area contributed by atoms with Crippen LogP contribution in [0.5, 0.6) is 0 Å². The molecule has 1 unspecified atom stereocenters. The first-order chi connectivity index (χ1) is 16.3. The van der Waals surface area contributed by atoms with Crippen molar-refractivity contribution in [2.45, 2.75) is 63.6 Å². The predicted octanol–water partition coefficient (Wildman–Crippen LogP) is 5.28. The monoisotopic (exact) mass is 504 g/mol. The molecule has 1 saturated carbocycles. The van der Waals surface area contributed by atoms with Gasteiger partial charge in [-0.05, 0) is 48.1 Å². The van der Waals surface area contributed by atoms with Gasteiger partial charge in [-0.15, -0.1) is 0 Å². The number of hydroxylamine groups is 1. The largest absolute Gasteiger partial charge is 0.391 e. The van der Waals surface area contributed by atoms with E-state index in [9.17, 15) is 14.7 Å². The molecule has 0 saturated heterocycles. The van der Waals surface area contributed by atoms with Gasteiger partial charge in [0.15, 0.2) is 0 Å². The molecule has 0 bridgehead atoms. The molecule has 2 aliphatic rings. The van der Waals surface area contributed by atoms with Crippen molar-refractivity contribution in [1.29, 1.82) is 0 Å². The van der Waals surface area contributed by atoms with Crippen LogP contribution in [0.25, 0.3) is 0 Å². The van der Waals surface area contributed by atoms with E-state index in [2.05, 4.69) is 5.48 Å². The number of hydrogen-bond acceptors (Lipinski definition) is 4. The van der Waals surface area contributed by atoms with Gasteiger partial charge in [-0.25, -0.2) is 5.48 Å². The van der Waals surface area contributed by atoms with Crippen LogP contribution in [-0.2, 0) is 9.63 Å². The van der Waals surface area contributed by atoms with E-state index in [1.54, 1.807) is 41.3 Å². The normalized spacial score (nSPS) is 24.8. The van der Waals surface area contributed by atoms with Crippen molar-refractivity contribution in [1.82, 2.24) is 10.4 Å². The van der Waals surface area contributed by atoms with Crippen LogP contribution in [0.4, 0.5) is 0 Å². The Hall–Kier alpha value is -2.12. The maximum atomic E-state index is 13.9. The molecule has 1 aliphatic heterocycles. The van der Waals surface area contributed by atoms with Crippen LogP contribution < -0.4 is 5.48 Å². The van der Waals surface area contributed by atoms with Gasteiger partial charge in [0.1, 0.15) is 0 Å². The Morgan fingerprint density at radius 2 is 1.88 bits per heavy atom. The summed E-state index contributed by atoms with van der Waals surface area (Å²) in [6, 6.07) is 11.0. The number of fused-ring (bicyclic) bond motifs is 1. The van der Waals surface area contributed by atoms with Gasteiger partial charge in [0.25, 0.3) is 11.8 Å². The van der Waals surface area contributed by atoms with Crippen molar-refractivity contribution < 1.29 is 19.5 Å². The first kappa shape index (κ1) is 25.0. The summed E-state index contributed by atoms with van der Waals surface area (Å²) in [5, 5.41) is 11.7. The molecule has 1 aliphatic carbocycles. The molecule has 2 aromatic rings. The molecule has 2 N–H and O–H groups in total. The number of carbonyl (C=O) groups is 2. The average molecular weight is 505 g/mol. The van der Waals surface area contributed by atoms with E-state index >= 15 is 0 Å². The molecular weight excluding hydrogens is 475 g/mol. The summed E-state index contributed by atoms with van der Waals surface area (Å²) in [4.78, 5) is 34.6. The molecule has 0 spiro atoms. The highest BCUT2D eigenvalue weighted by molar-refractivity contribution is 6.35. The number of halogens is 2. The zero-order valence-electron chi connectivity index (χ0n) is 19.3. The molecule has 34 heavy (non-hydrogen) atoms. The second kappa shape index (κ2) is 10.6. The molecule has 4 atom stereocenters. The summed E-state index contributed by atoms with van der Waals surface area (Å²) in [7, 11) is 0. The number of aliphatic hydroxyl groups is 1. The molecule has 1 heterocycles. The van der Waals surface area contributed by atoms with Gasteiger partial charge in [0, 0.05) is 15.6 Å². The Bertz CT molecular complexity index is 1060. The van der Waals surface area contributed by atoms with Gasteiger partial charge in [-0.2, -0.15) is 0 Å². The molecule has 4 rings (SSSR count). The lowest BCUT2D eigenvalue weighted by Gasteiger charge is -2.48. The van der Waals surface area contributed by atoms with E-state index in [1.165, 1.54) is 0 Å². The SMILES string of the molecule is CC(C)CONC(=O)[C@@H]1c2ccccc2C(=O)N([C@H]2CCCCC2O)[C@H]1c1ccc(Cl)cc1Cl. The van der Waals surface area contributed by atoms with E-state index in [0.717, 1.165) is 12.8 Å². The summed E-state index contributed by atoms with van der Waals surface area (Å²) < 4.78 is 0. The Kier molecular flexibility index (Phi) is 7.83. The van der Waals surface area contributed by atoms with E-state index in [-0.39, 0.29) is 17.7 Å². The Labute approximate surface area is 210 Å². The first-order valence-corrected chi connectivity index (χ1v) is 12.5. The Morgan fingerprint density at radius 3 is 2.59 bits per heavy atom. The Morgan fingerprint density at radius 1 is 1.15 bits per heavy atom. The highest BCUT2D eigenvalue weighted by Crippen LogP contribution is 2.47. The summed E-state index contributed by atoms with van der Waals surface area (Å²) in [5.74, 6) is -1.14. The van der Waals surface area contributed by atoms with Crippen molar-refractivity contribution in [3.05, 3.63) is 69.2 Å². The molecule has 0 radical (unpaired) electrons. The summed E-state index contributed by atoms with van der Waals surface area (Å²) in [6.45, 7) is 4.34. The lowest BCUT2D eigenvalue weighted by atomic mass is 9.77. The van der Waals surface area contributed by atoms with Crippen LogP contribution in [-0.4, -0.2) is 40.6 Å². The maximum absolute atomic E-state index is 13.9. The zero-order valence-corrected chi connectivity index (χ0v) is 20.9. The minimum Gasteiger partial charge on any atom is -0.391 e. The van der Waals surface area contributed by atoms with Gasteiger partial charge in [-0.1, -0.05) is 74.2 Å². The third kappa shape index (κ3) is 4.96. The number of nitrogens with one attached hydrogen (secondary N) is 1. The quantitative estimate of drug-likeness (QED) is 0.524. The van der Waals surface area contributed by atoms with Crippen molar-refractivity contribution >= 4 is 35.0 Å². The highest BCUT2D eigenvalue weighted by atomic mass is 35.5. The number of rotatable bonds is 6. The van der Waals surface area contributed by atoms with Crippen LogP contribution in [0.1, 0.15) is 73.0 Å². The zero-order chi connectivity index (χ0) is 24.4. The smallest absolute Gasteiger partial charge is 0.255 e. The molecule has 2 aromatic carbocycles. The van der Waals surface area contributed by atoms with Crippen LogP contribution in [0.15, 0.2) is 42.5 Å². The van der Waals surface area contributed by atoms with Gasteiger partial charge in [-0.3, -0.25) is 14.4 Å². The minimum atomic E-state index is -0.783. The van der Waals surface area contributed by atoms with E-state index in [1.807, 2.05) is 19.9 Å². The molecular formula is C26H30Cl2N2O4. The van der Waals surface area contributed by atoms with Gasteiger partial charge >= 0.3 is 0 Å². The van der Waals surface area contributed by atoms with Crippen molar-refractivity contribution in [3.8, 4) is 0 Å². The van der Waals surface area contributed by atoms with E-state index < -0.39 is 24.1 Å². The number of aliphatic hydroxyl groups excluding tert-OH is 1. The standard InChI is InChI=1S/C26H30Cl2N2O4/c1-15(2)14-34-29-25(32)23-17-7-3-4-8-18(17)26(33)30(21-9-5-6-10-22(21)31)24(23)19-12-11-16(27)13-20(19)28/h3-4,7-8,11-13,15,21-24,31H,5-6,9-10,14H2,1-2H3,(H,29,32)/t21-,22?,23+,24-/m0/s1. The van der Waals surface area contributed by atoms with Gasteiger partial charge in [0.05, 0.1) is 30.7 Å². The van der Waals surface area contributed by atoms with Crippen LogP contribution >= 0.6 is 23.2 Å². The average Bonchev–Trinajstić information content (AvgIpc) is 2.79. The lowest BCUT2D eigenvalue weighted by molar-refractivity contribution is -0.138. The van der Waals surface area contributed by atoms with Crippen molar-refractivity contribution in [3.63, 3.8) is 0 Å². The second-order valence-electron chi connectivity index (χ2n) is 9.48. The topological polar surface area (TPSA) is 78.9 Å². The van der Waals surface area contributed by atoms with Gasteiger partial charge in [0.2, 0.25) is 0 Å². The first-order valence-electron chi connectivity index (χ1n) is 11.8. The molecule has 8 heteroatoms. The predicted molar refractivity (Wildman–Crippen MR) is 132 cm³/mol. The number of benzene rings is 2. The van der Waals surface area contributed by atoms with Gasteiger partial charge < -0.3 is 10.0 Å². The Balaban J connectivity index is 1.86. The van der Waals surface area contributed by atoms with Crippen LogP contribution in [0.3, 0.4) is 0 Å².